The molecule has 3 aliphatic rings. The highest BCUT2D eigenvalue weighted by molar-refractivity contribution is 5.79. The van der Waals surface area contributed by atoms with E-state index >= 15 is 0 Å². The van der Waals surface area contributed by atoms with Gasteiger partial charge in [-0.25, -0.2) is 9.59 Å². The van der Waals surface area contributed by atoms with Crippen LogP contribution in [0.25, 0.3) is 11.1 Å². The van der Waals surface area contributed by atoms with E-state index in [1.807, 2.05) is 45.0 Å². The van der Waals surface area contributed by atoms with Gasteiger partial charge in [0, 0.05) is 12.5 Å². The molecule has 1 N–H and O–H groups in total. The lowest BCUT2D eigenvalue weighted by atomic mass is 9.98. The minimum absolute atomic E-state index is 0.00862. The number of carbonyl (C=O) groups is 2. The van der Waals surface area contributed by atoms with Crippen molar-refractivity contribution in [3.8, 4) is 11.1 Å². The highest BCUT2D eigenvalue weighted by Gasteiger charge is 2.51. The predicted octanol–water partition coefficient (Wildman–Crippen LogP) is 4.38. The summed E-state index contributed by atoms with van der Waals surface area (Å²) in [6.07, 6.45) is 0.664. The molecule has 180 valence electrons. The Bertz CT molecular complexity index is 1050. The molecule has 2 fully saturated rings. The number of nitrogens with zero attached hydrogens (tertiary/aromatic N) is 2. The third-order valence-electron chi connectivity index (χ3n) is 7.16. The fourth-order valence-corrected chi connectivity index (χ4v) is 5.74. The summed E-state index contributed by atoms with van der Waals surface area (Å²) in [7, 11) is 0. The standard InChI is InChI=1S/C27H32N2O5/c1-27(2,3)34-25(31)28-14-17-12-13-23(24(28)15-30)29(17)26(32)33-16-22-20-10-6-4-8-18(20)19-9-5-7-11-21(19)22/h4-11,17,22-24,30H,12-16H2,1-3H3/t17-,23+,24+/m0/s1. The van der Waals surface area contributed by atoms with E-state index in [0.717, 1.165) is 12.8 Å². The fourth-order valence-electron chi connectivity index (χ4n) is 5.74. The van der Waals surface area contributed by atoms with Crippen LogP contribution >= 0.6 is 0 Å². The van der Waals surface area contributed by atoms with Gasteiger partial charge in [-0.1, -0.05) is 48.5 Å². The van der Waals surface area contributed by atoms with E-state index in [4.69, 9.17) is 9.47 Å². The number of amides is 2. The van der Waals surface area contributed by atoms with Crippen LogP contribution in [0.2, 0.25) is 0 Å². The molecule has 0 radical (unpaired) electrons. The Morgan fingerprint density at radius 2 is 1.59 bits per heavy atom. The third-order valence-corrected chi connectivity index (χ3v) is 7.16. The second-order valence-corrected chi connectivity index (χ2v) is 10.4. The molecule has 2 bridgehead atoms. The number of fused-ring (bicyclic) bond motifs is 5. The molecular weight excluding hydrogens is 432 g/mol. The van der Waals surface area contributed by atoms with Crippen LogP contribution in [-0.4, -0.2) is 70.6 Å². The smallest absolute Gasteiger partial charge is 0.410 e. The van der Waals surface area contributed by atoms with Crippen LogP contribution in [0.5, 0.6) is 0 Å². The first-order chi connectivity index (χ1) is 16.3. The van der Waals surface area contributed by atoms with Gasteiger partial charge in [-0.3, -0.25) is 9.80 Å². The molecule has 2 saturated heterocycles. The number of hydrogen-bond acceptors (Lipinski definition) is 5. The summed E-state index contributed by atoms with van der Waals surface area (Å²) in [5.74, 6) is -0.00862. The zero-order valence-electron chi connectivity index (χ0n) is 19.9. The Balaban J connectivity index is 1.31. The van der Waals surface area contributed by atoms with Crippen molar-refractivity contribution in [2.45, 2.75) is 63.3 Å². The molecule has 7 nitrogen and oxygen atoms in total. The van der Waals surface area contributed by atoms with Gasteiger partial charge in [-0.05, 0) is 55.9 Å². The molecule has 0 saturated carbocycles. The third kappa shape index (κ3) is 3.92. The van der Waals surface area contributed by atoms with Crippen molar-refractivity contribution in [1.29, 1.82) is 0 Å². The molecule has 0 unspecified atom stereocenters. The summed E-state index contributed by atoms with van der Waals surface area (Å²) >= 11 is 0. The van der Waals surface area contributed by atoms with Gasteiger partial charge >= 0.3 is 12.2 Å². The molecule has 0 spiro atoms. The van der Waals surface area contributed by atoms with Crippen LogP contribution in [0.4, 0.5) is 9.59 Å². The first-order valence-electron chi connectivity index (χ1n) is 12.0. The van der Waals surface area contributed by atoms with Crippen molar-refractivity contribution in [2.75, 3.05) is 19.8 Å². The molecule has 5 rings (SSSR count). The Hall–Kier alpha value is -3.06. The van der Waals surface area contributed by atoms with Crippen molar-refractivity contribution < 1.29 is 24.2 Å². The molecule has 1 aliphatic carbocycles. The molecule has 2 aromatic rings. The van der Waals surface area contributed by atoms with Crippen LogP contribution in [0.3, 0.4) is 0 Å². The van der Waals surface area contributed by atoms with E-state index in [1.165, 1.54) is 22.3 Å². The minimum atomic E-state index is -0.625. The van der Waals surface area contributed by atoms with E-state index in [9.17, 15) is 14.7 Å². The average Bonchev–Trinajstić information content (AvgIpc) is 3.30. The minimum Gasteiger partial charge on any atom is -0.448 e. The van der Waals surface area contributed by atoms with Crippen molar-refractivity contribution in [3.63, 3.8) is 0 Å². The lowest BCUT2D eigenvalue weighted by Crippen LogP contribution is -2.64. The summed E-state index contributed by atoms with van der Waals surface area (Å²) in [5, 5.41) is 10.1. The molecule has 3 atom stereocenters. The summed E-state index contributed by atoms with van der Waals surface area (Å²) in [4.78, 5) is 29.4. The topological polar surface area (TPSA) is 79.3 Å². The predicted molar refractivity (Wildman–Crippen MR) is 128 cm³/mol. The molecule has 34 heavy (non-hydrogen) atoms. The van der Waals surface area contributed by atoms with Gasteiger partial charge < -0.3 is 14.6 Å². The van der Waals surface area contributed by atoms with Gasteiger partial charge in [-0.15, -0.1) is 0 Å². The number of rotatable bonds is 3. The van der Waals surface area contributed by atoms with E-state index in [1.54, 1.807) is 9.80 Å². The quantitative estimate of drug-likeness (QED) is 0.729. The molecule has 2 heterocycles. The van der Waals surface area contributed by atoms with Gasteiger partial charge in [0.05, 0.1) is 24.7 Å². The number of aliphatic hydroxyl groups is 1. The largest absolute Gasteiger partial charge is 0.448 e. The SMILES string of the molecule is CC(C)(C)OC(=O)N1C[C@@H]2CC[C@H]([C@H]1CO)N2C(=O)OCC1c2ccccc2-c2ccccc21. The highest BCUT2D eigenvalue weighted by atomic mass is 16.6. The number of benzene rings is 2. The normalized spacial score (nSPS) is 23.5. The van der Waals surface area contributed by atoms with E-state index in [0.29, 0.717) is 6.54 Å². The van der Waals surface area contributed by atoms with Crippen LogP contribution in [-0.2, 0) is 9.47 Å². The molecular formula is C27H32N2O5. The molecule has 2 aromatic carbocycles. The monoisotopic (exact) mass is 464 g/mol. The zero-order chi connectivity index (χ0) is 24.0. The fraction of sp³-hybridized carbons (Fsp3) is 0.481. The first-order valence-corrected chi connectivity index (χ1v) is 12.0. The summed E-state index contributed by atoms with van der Waals surface area (Å²) in [6, 6.07) is 15.6. The van der Waals surface area contributed by atoms with Gasteiger partial charge in [0.2, 0.25) is 0 Å². The zero-order valence-corrected chi connectivity index (χ0v) is 19.9. The summed E-state index contributed by atoms with van der Waals surface area (Å²) in [5.41, 5.74) is 4.08. The maximum Gasteiger partial charge on any atom is 0.410 e. The highest BCUT2D eigenvalue weighted by Crippen LogP contribution is 2.45. The van der Waals surface area contributed by atoms with E-state index in [-0.39, 0.29) is 37.3 Å². The van der Waals surface area contributed by atoms with Gasteiger partial charge in [0.25, 0.3) is 0 Å². The second-order valence-electron chi connectivity index (χ2n) is 10.4. The lowest BCUT2D eigenvalue weighted by molar-refractivity contribution is -0.0332. The van der Waals surface area contributed by atoms with Crippen LogP contribution in [0, 0.1) is 0 Å². The molecule has 7 heteroatoms. The number of hydrogen-bond donors (Lipinski definition) is 1. The summed E-state index contributed by atoms with van der Waals surface area (Å²) in [6.45, 7) is 5.81. The lowest BCUT2D eigenvalue weighted by Gasteiger charge is -2.45. The maximum absolute atomic E-state index is 13.3. The molecule has 2 aliphatic heterocycles. The van der Waals surface area contributed by atoms with Crippen LogP contribution < -0.4 is 0 Å². The Kier molecular flexibility index (Phi) is 5.76. The Labute approximate surface area is 200 Å². The van der Waals surface area contributed by atoms with E-state index < -0.39 is 17.7 Å². The maximum atomic E-state index is 13.3. The summed E-state index contributed by atoms with van der Waals surface area (Å²) < 4.78 is 11.5. The van der Waals surface area contributed by atoms with Gasteiger partial charge in [0.1, 0.15) is 12.2 Å². The number of piperazine rings is 1. The second kappa shape index (κ2) is 8.62. The number of aliphatic hydroxyl groups excluding tert-OH is 1. The van der Waals surface area contributed by atoms with Crippen molar-refractivity contribution in [1.82, 2.24) is 9.80 Å². The molecule has 2 amide bonds. The van der Waals surface area contributed by atoms with Crippen LogP contribution in [0.15, 0.2) is 48.5 Å². The Morgan fingerprint density at radius 3 is 2.18 bits per heavy atom. The molecule has 0 aromatic heterocycles. The van der Waals surface area contributed by atoms with Gasteiger partial charge in [0.15, 0.2) is 0 Å². The number of ether oxygens (including phenoxy) is 2. The Morgan fingerprint density at radius 1 is 0.971 bits per heavy atom. The van der Waals surface area contributed by atoms with Crippen molar-refractivity contribution in [3.05, 3.63) is 59.7 Å². The van der Waals surface area contributed by atoms with Crippen molar-refractivity contribution in [2.24, 2.45) is 0 Å². The van der Waals surface area contributed by atoms with Crippen molar-refractivity contribution >= 4 is 12.2 Å². The first kappa shape index (κ1) is 22.7. The van der Waals surface area contributed by atoms with Crippen LogP contribution in [0.1, 0.15) is 50.7 Å². The number of carbonyl (C=O) groups excluding carboxylic acids is 2. The van der Waals surface area contributed by atoms with E-state index in [2.05, 4.69) is 24.3 Å². The van der Waals surface area contributed by atoms with Gasteiger partial charge in [-0.2, -0.15) is 0 Å². The number of likely N-dealkylation sites (tertiary alicyclic amines) is 1. The average molecular weight is 465 g/mol.